The molecule has 0 aliphatic carbocycles. The van der Waals surface area contributed by atoms with Crippen LogP contribution < -0.4 is 14.2 Å². The third kappa shape index (κ3) is 4.09. The number of fused-ring (bicyclic) bond motifs is 1. The summed E-state index contributed by atoms with van der Waals surface area (Å²) in [6.07, 6.45) is 5.31. The molecule has 0 saturated heterocycles. The van der Waals surface area contributed by atoms with E-state index in [2.05, 4.69) is 0 Å². The summed E-state index contributed by atoms with van der Waals surface area (Å²) in [7, 11) is 4.55. The number of hydrogen-bond acceptors (Lipinski definition) is 6. The third-order valence-electron chi connectivity index (χ3n) is 4.94. The molecule has 6 nitrogen and oxygen atoms in total. The molecule has 0 atom stereocenters. The molecule has 0 aliphatic heterocycles. The number of benzene rings is 2. The number of imidazole rings is 1. The van der Waals surface area contributed by atoms with Crippen molar-refractivity contribution in [3.05, 3.63) is 69.8 Å². The highest BCUT2D eigenvalue weighted by atomic mass is 35.5. The number of ether oxygens (including phenoxy) is 3. The van der Waals surface area contributed by atoms with Gasteiger partial charge < -0.3 is 14.2 Å². The highest BCUT2D eigenvalue weighted by Gasteiger charge is 2.17. The van der Waals surface area contributed by atoms with Crippen molar-refractivity contribution in [1.29, 1.82) is 0 Å². The van der Waals surface area contributed by atoms with Crippen molar-refractivity contribution in [2.24, 2.45) is 0 Å². The number of nitrogens with zero attached hydrogens (tertiary/aromatic N) is 2. The van der Waals surface area contributed by atoms with Gasteiger partial charge in [-0.05, 0) is 43.3 Å². The Bertz CT molecular complexity index is 1300. The molecule has 2 heterocycles. The number of thiazole rings is 1. The molecule has 4 rings (SSSR count). The fourth-order valence-electron chi connectivity index (χ4n) is 3.43. The van der Waals surface area contributed by atoms with E-state index in [1.165, 1.54) is 27.4 Å². The lowest BCUT2D eigenvalue weighted by Gasteiger charge is -2.13. The summed E-state index contributed by atoms with van der Waals surface area (Å²) in [6, 6.07) is 10.7. The minimum absolute atomic E-state index is 0.201. The second kappa shape index (κ2) is 9.06. The fourth-order valence-corrected chi connectivity index (χ4v) is 4.38. The Hall–Kier alpha value is -3.29. The van der Waals surface area contributed by atoms with E-state index in [1.807, 2.05) is 41.8 Å². The molecular formula is C24H21ClN2O4S. The van der Waals surface area contributed by atoms with E-state index < -0.39 is 0 Å². The van der Waals surface area contributed by atoms with Gasteiger partial charge in [-0.15, -0.1) is 11.3 Å². The van der Waals surface area contributed by atoms with Crippen molar-refractivity contribution < 1.29 is 19.0 Å². The van der Waals surface area contributed by atoms with Crippen LogP contribution in [0.4, 0.5) is 0 Å². The lowest BCUT2D eigenvalue weighted by atomic mass is 10.1. The number of rotatable bonds is 7. The summed E-state index contributed by atoms with van der Waals surface area (Å²) in [4.78, 5) is 19.8. The van der Waals surface area contributed by atoms with Crippen LogP contribution in [0.15, 0.2) is 48.7 Å². The van der Waals surface area contributed by atoms with Crippen LogP contribution in [0.2, 0.25) is 5.02 Å². The number of hydrogen-bond donors (Lipinski definition) is 0. The summed E-state index contributed by atoms with van der Waals surface area (Å²) in [5, 5.41) is 0.653. The van der Waals surface area contributed by atoms with Gasteiger partial charge in [-0.3, -0.25) is 9.20 Å². The highest BCUT2D eigenvalue weighted by molar-refractivity contribution is 7.17. The van der Waals surface area contributed by atoms with E-state index in [1.54, 1.807) is 29.5 Å². The van der Waals surface area contributed by atoms with Gasteiger partial charge in [0, 0.05) is 27.2 Å². The molecule has 0 aliphatic rings. The number of aromatic nitrogens is 2. The van der Waals surface area contributed by atoms with Crippen molar-refractivity contribution in [1.82, 2.24) is 9.38 Å². The summed E-state index contributed by atoms with van der Waals surface area (Å²) in [5.74, 6) is 1.08. The van der Waals surface area contributed by atoms with Crippen LogP contribution in [0.3, 0.4) is 0 Å². The molecule has 2 aromatic carbocycles. The standard InChI is InChI=1S/C24H21ClN2O4S/c1-14-13-27-18(22(26-24(27)32-14)15-5-7-17(25)8-6-15)9-10-19(28)16-11-20(29-2)23(31-4)21(12-16)30-3/h5-13H,1-4H3. The monoisotopic (exact) mass is 468 g/mol. The zero-order chi connectivity index (χ0) is 22.8. The van der Waals surface area contributed by atoms with Crippen molar-refractivity contribution >= 4 is 39.8 Å². The minimum Gasteiger partial charge on any atom is -0.493 e. The number of halogens is 1. The second-order valence-corrected chi connectivity index (χ2v) is 8.61. The molecule has 32 heavy (non-hydrogen) atoms. The topological polar surface area (TPSA) is 62.1 Å². The predicted molar refractivity (Wildman–Crippen MR) is 128 cm³/mol. The van der Waals surface area contributed by atoms with Gasteiger partial charge in [0.15, 0.2) is 22.2 Å². The molecule has 0 bridgehead atoms. The Morgan fingerprint density at radius 3 is 2.31 bits per heavy atom. The van der Waals surface area contributed by atoms with E-state index in [9.17, 15) is 4.79 Å². The normalized spacial score (nSPS) is 11.3. The molecule has 0 amide bonds. The van der Waals surface area contributed by atoms with Crippen LogP contribution in [0, 0.1) is 6.92 Å². The van der Waals surface area contributed by atoms with Crippen molar-refractivity contribution in [3.8, 4) is 28.5 Å². The number of ketones is 1. The van der Waals surface area contributed by atoms with Gasteiger partial charge in [-0.1, -0.05) is 23.7 Å². The molecule has 0 saturated carbocycles. The van der Waals surface area contributed by atoms with Crippen LogP contribution in [0.25, 0.3) is 22.3 Å². The molecular weight excluding hydrogens is 448 g/mol. The number of aryl methyl sites for hydroxylation is 1. The minimum atomic E-state index is -0.201. The first-order chi connectivity index (χ1) is 15.4. The number of methoxy groups -OCH3 is 3. The maximum Gasteiger partial charge on any atom is 0.203 e. The van der Waals surface area contributed by atoms with E-state index in [0.717, 1.165) is 26.8 Å². The lowest BCUT2D eigenvalue weighted by Crippen LogP contribution is -2.00. The van der Waals surface area contributed by atoms with Crippen LogP contribution in [-0.2, 0) is 0 Å². The maximum absolute atomic E-state index is 13.0. The largest absolute Gasteiger partial charge is 0.493 e. The van der Waals surface area contributed by atoms with Crippen molar-refractivity contribution in [2.75, 3.05) is 21.3 Å². The van der Waals surface area contributed by atoms with Gasteiger partial charge >= 0.3 is 0 Å². The Morgan fingerprint density at radius 2 is 1.72 bits per heavy atom. The Labute approximate surface area is 194 Å². The number of carbonyl (C=O) groups is 1. The van der Waals surface area contributed by atoms with E-state index >= 15 is 0 Å². The van der Waals surface area contributed by atoms with E-state index in [0.29, 0.717) is 27.8 Å². The van der Waals surface area contributed by atoms with E-state index in [4.69, 9.17) is 30.8 Å². The molecule has 8 heteroatoms. The van der Waals surface area contributed by atoms with Crippen molar-refractivity contribution in [3.63, 3.8) is 0 Å². The highest BCUT2D eigenvalue weighted by Crippen LogP contribution is 2.38. The molecule has 0 unspecified atom stereocenters. The quantitative estimate of drug-likeness (QED) is 0.248. The Balaban J connectivity index is 1.76. The van der Waals surface area contributed by atoms with E-state index in [-0.39, 0.29) is 5.78 Å². The molecule has 0 spiro atoms. The van der Waals surface area contributed by atoms with Crippen LogP contribution in [0.1, 0.15) is 20.9 Å². The zero-order valence-electron chi connectivity index (χ0n) is 18.0. The predicted octanol–water partition coefficient (Wildman–Crippen LogP) is 5.95. The summed E-state index contributed by atoms with van der Waals surface area (Å²) >= 11 is 7.64. The van der Waals surface area contributed by atoms with Gasteiger partial charge in [0.2, 0.25) is 5.75 Å². The van der Waals surface area contributed by atoms with Gasteiger partial charge in [-0.25, -0.2) is 4.98 Å². The van der Waals surface area contributed by atoms with Gasteiger partial charge in [0.25, 0.3) is 0 Å². The SMILES string of the molecule is COc1cc(C(=O)C=Cc2c(-c3ccc(Cl)cc3)nc3sc(C)cn23)cc(OC)c1OC. The molecule has 164 valence electrons. The Morgan fingerprint density at radius 1 is 1.06 bits per heavy atom. The summed E-state index contributed by atoms with van der Waals surface area (Å²) in [6.45, 7) is 2.02. The summed E-state index contributed by atoms with van der Waals surface area (Å²) < 4.78 is 18.0. The Kier molecular flexibility index (Phi) is 6.21. The first-order valence-electron chi connectivity index (χ1n) is 9.72. The van der Waals surface area contributed by atoms with Gasteiger partial charge in [0.1, 0.15) is 0 Å². The van der Waals surface area contributed by atoms with Crippen LogP contribution in [0.5, 0.6) is 17.2 Å². The zero-order valence-corrected chi connectivity index (χ0v) is 19.6. The number of allylic oxidation sites excluding steroid dienone is 1. The number of carbonyl (C=O) groups excluding carboxylic acids is 1. The first-order valence-corrected chi connectivity index (χ1v) is 10.9. The van der Waals surface area contributed by atoms with Crippen LogP contribution in [-0.4, -0.2) is 36.5 Å². The molecule has 0 fully saturated rings. The average Bonchev–Trinajstić information content (AvgIpc) is 3.32. The second-order valence-electron chi connectivity index (χ2n) is 6.96. The van der Waals surface area contributed by atoms with Crippen molar-refractivity contribution in [2.45, 2.75) is 6.92 Å². The molecule has 4 aromatic rings. The van der Waals surface area contributed by atoms with Gasteiger partial charge in [0.05, 0.1) is 32.7 Å². The molecule has 0 N–H and O–H groups in total. The lowest BCUT2D eigenvalue weighted by molar-refractivity contribution is 0.104. The maximum atomic E-state index is 13.0. The smallest absolute Gasteiger partial charge is 0.203 e. The molecule has 0 radical (unpaired) electrons. The first kappa shape index (κ1) is 21.9. The summed E-state index contributed by atoms with van der Waals surface area (Å²) in [5.41, 5.74) is 2.93. The third-order valence-corrected chi connectivity index (χ3v) is 6.09. The molecule has 2 aromatic heterocycles. The van der Waals surface area contributed by atoms with Crippen LogP contribution >= 0.6 is 22.9 Å². The average molecular weight is 469 g/mol. The fraction of sp³-hybridized carbons (Fsp3) is 0.167. The van der Waals surface area contributed by atoms with Gasteiger partial charge in [-0.2, -0.15) is 0 Å².